The van der Waals surface area contributed by atoms with Crippen LogP contribution in [0.15, 0.2) is 48.7 Å². The molecule has 0 spiro atoms. The molecule has 3 rings (SSSR count). The maximum atomic E-state index is 13.2. The maximum Gasteiger partial charge on any atom is 0.249 e. The Labute approximate surface area is 142 Å². The molecule has 0 amide bonds. The molecule has 0 unspecified atom stereocenters. The van der Waals surface area contributed by atoms with Crippen LogP contribution in [-0.4, -0.2) is 22.3 Å². The normalized spacial score (nSPS) is 10.3. The first-order valence-electron chi connectivity index (χ1n) is 6.97. The fourth-order valence-electron chi connectivity index (χ4n) is 1.97. The van der Waals surface area contributed by atoms with E-state index in [1.807, 2.05) is 24.3 Å². The highest BCUT2D eigenvalue weighted by molar-refractivity contribution is 6.31. The molecule has 1 aromatic heterocycles. The monoisotopic (exact) mass is 345 g/mol. The quantitative estimate of drug-likeness (QED) is 0.723. The van der Waals surface area contributed by atoms with Crippen molar-refractivity contribution >= 4 is 34.7 Å². The Morgan fingerprint density at radius 3 is 2.71 bits per heavy atom. The molecule has 24 heavy (non-hydrogen) atoms. The van der Waals surface area contributed by atoms with Gasteiger partial charge in [0.15, 0.2) is 5.82 Å². The van der Waals surface area contributed by atoms with Gasteiger partial charge in [0.05, 0.1) is 18.3 Å². The Morgan fingerprint density at radius 2 is 1.92 bits per heavy atom. The van der Waals surface area contributed by atoms with Gasteiger partial charge in [0.1, 0.15) is 11.6 Å². The van der Waals surface area contributed by atoms with Crippen molar-refractivity contribution < 1.29 is 9.13 Å². The minimum absolute atomic E-state index is 0.0126. The predicted octanol–water partition coefficient (Wildman–Crippen LogP) is 4.16. The van der Waals surface area contributed by atoms with E-state index in [1.54, 1.807) is 7.11 Å². The Kier molecular flexibility index (Phi) is 4.72. The van der Waals surface area contributed by atoms with Gasteiger partial charge in [-0.1, -0.05) is 17.7 Å². The van der Waals surface area contributed by atoms with Gasteiger partial charge in [-0.05, 0) is 30.3 Å². The molecule has 8 heteroatoms. The second-order valence-electron chi connectivity index (χ2n) is 4.78. The molecule has 2 aromatic carbocycles. The SMILES string of the molecule is COc1cccc(Nc2cnnc(Nc3ccc(F)c(Cl)c3)n2)c1. The molecule has 0 radical (unpaired) electrons. The molecule has 0 saturated carbocycles. The molecule has 0 saturated heterocycles. The summed E-state index contributed by atoms with van der Waals surface area (Å²) >= 11 is 5.75. The number of aromatic nitrogens is 3. The van der Waals surface area contributed by atoms with Crippen molar-refractivity contribution in [3.8, 4) is 5.75 Å². The summed E-state index contributed by atoms with van der Waals surface area (Å²) in [5, 5.41) is 13.8. The van der Waals surface area contributed by atoms with E-state index in [-0.39, 0.29) is 11.0 Å². The van der Waals surface area contributed by atoms with Crippen LogP contribution in [0.1, 0.15) is 0 Å². The van der Waals surface area contributed by atoms with E-state index >= 15 is 0 Å². The van der Waals surface area contributed by atoms with Gasteiger partial charge in [0.2, 0.25) is 5.95 Å². The summed E-state index contributed by atoms with van der Waals surface area (Å²) < 4.78 is 18.4. The lowest BCUT2D eigenvalue weighted by molar-refractivity contribution is 0.415. The van der Waals surface area contributed by atoms with Crippen LogP contribution in [0.2, 0.25) is 5.02 Å². The summed E-state index contributed by atoms with van der Waals surface area (Å²) in [4.78, 5) is 4.30. The Bertz CT molecular complexity index is 861. The molecule has 6 nitrogen and oxygen atoms in total. The first kappa shape index (κ1) is 15.9. The highest BCUT2D eigenvalue weighted by Crippen LogP contribution is 2.23. The number of hydrogen-bond acceptors (Lipinski definition) is 6. The molecule has 0 aliphatic carbocycles. The summed E-state index contributed by atoms with van der Waals surface area (Å²) in [6.45, 7) is 0. The smallest absolute Gasteiger partial charge is 0.249 e. The molecule has 0 bridgehead atoms. The number of halogens is 2. The lowest BCUT2D eigenvalue weighted by atomic mass is 10.3. The fraction of sp³-hybridized carbons (Fsp3) is 0.0625. The number of methoxy groups -OCH3 is 1. The van der Waals surface area contributed by atoms with E-state index in [9.17, 15) is 4.39 Å². The standard InChI is InChI=1S/C16H13ClFN5O/c1-24-12-4-2-3-10(7-12)20-15-9-19-23-16(22-15)21-11-5-6-14(18)13(17)8-11/h2-9H,1H3,(H2,20,21,22,23). The first-order valence-corrected chi connectivity index (χ1v) is 7.35. The predicted molar refractivity (Wildman–Crippen MR) is 90.8 cm³/mol. The van der Waals surface area contributed by atoms with Crippen molar-refractivity contribution in [3.05, 3.63) is 59.5 Å². The van der Waals surface area contributed by atoms with Crippen LogP contribution >= 0.6 is 11.6 Å². The van der Waals surface area contributed by atoms with Crippen LogP contribution in [0.25, 0.3) is 0 Å². The largest absolute Gasteiger partial charge is 0.497 e. The number of benzene rings is 2. The highest BCUT2D eigenvalue weighted by Gasteiger charge is 2.05. The van der Waals surface area contributed by atoms with E-state index in [1.165, 1.54) is 24.4 Å². The third-order valence-corrected chi connectivity index (χ3v) is 3.37. The van der Waals surface area contributed by atoms with Crippen LogP contribution in [-0.2, 0) is 0 Å². The third kappa shape index (κ3) is 3.88. The molecule has 3 aromatic rings. The Balaban J connectivity index is 1.77. The van der Waals surface area contributed by atoms with Crippen molar-refractivity contribution in [1.29, 1.82) is 0 Å². The van der Waals surface area contributed by atoms with Crippen LogP contribution in [0.4, 0.5) is 27.5 Å². The third-order valence-electron chi connectivity index (χ3n) is 3.08. The van der Waals surface area contributed by atoms with Crippen molar-refractivity contribution in [2.24, 2.45) is 0 Å². The molecular weight excluding hydrogens is 333 g/mol. The van der Waals surface area contributed by atoms with Gasteiger partial charge in [0, 0.05) is 17.4 Å². The van der Waals surface area contributed by atoms with E-state index in [4.69, 9.17) is 16.3 Å². The number of nitrogens with zero attached hydrogens (tertiary/aromatic N) is 3. The van der Waals surface area contributed by atoms with Crippen LogP contribution in [0.5, 0.6) is 5.75 Å². The van der Waals surface area contributed by atoms with Crippen molar-refractivity contribution in [3.63, 3.8) is 0 Å². The summed E-state index contributed by atoms with van der Waals surface area (Å²) in [5.41, 5.74) is 1.35. The zero-order valence-corrected chi connectivity index (χ0v) is 13.4. The summed E-state index contributed by atoms with van der Waals surface area (Å²) in [6.07, 6.45) is 1.49. The van der Waals surface area contributed by atoms with E-state index < -0.39 is 5.82 Å². The number of ether oxygens (including phenoxy) is 1. The Morgan fingerprint density at radius 1 is 1.08 bits per heavy atom. The zero-order chi connectivity index (χ0) is 16.9. The summed E-state index contributed by atoms with van der Waals surface area (Å²) in [6, 6.07) is 11.6. The average molecular weight is 346 g/mol. The topological polar surface area (TPSA) is 72.0 Å². The molecule has 2 N–H and O–H groups in total. The molecular formula is C16H13ClFN5O. The van der Waals surface area contributed by atoms with Crippen LogP contribution < -0.4 is 15.4 Å². The second kappa shape index (κ2) is 7.10. The molecule has 0 fully saturated rings. The second-order valence-corrected chi connectivity index (χ2v) is 5.18. The molecule has 122 valence electrons. The van der Waals surface area contributed by atoms with Gasteiger partial charge in [-0.25, -0.2) is 4.39 Å². The first-order chi connectivity index (χ1) is 11.6. The van der Waals surface area contributed by atoms with Crippen molar-refractivity contribution in [1.82, 2.24) is 15.2 Å². The summed E-state index contributed by atoms with van der Waals surface area (Å²) in [7, 11) is 1.60. The van der Waals surface area contributed by atoms with Crippen LogP contribution in [0, 0.1) is 5.82 Å². The fourth-order valence-corrected chi connectivity index (χ4v) is 2.15. The molecule has 1 heterocycles. The maximum absolute atomic E-state index is 13.2. The number of anilines is 4. The van der Waals surface area contributed by atoms with Gasteiger partial charge >= 0.3 is 0 Å². The minimum atomic E-state index is -0.491. The molecule has 0 aliphatic rings. The van der Waals surface area contributed by atoms with Crippen molar-refractivity contribution in [2.45, 2.75) is 0 Å². The lowest BCUT2D eigenvalue weighted by Crippen LogP contribution is -2.02. The van der Waals surface area contributed by atoms with Gasteiger partial charge in [-0.15, -0.1) is 5.10 Å². The van der Waals surface area contributed by atoms with Gasteiger partial charge in [-0.3, -0.25) is 0 Å². The minimum Gasteiger partial charge on any atom is -0.497 e. The highest BCUT2D eigenvalue weighted by atomic mass is 35.5. The Hall–Kier alpha value is -2.93. The van der Waals surface area contributed by atoms with E-state index in [0.29, 0.717) is 11.5 Å². The summed E-state index contributed by atoms with van der Waals surface area (Å²) in [5.74, 6) is 0.982. The van der Waals surface area contributed by atoms with E-state index in [2.05, 4.69) is 25.8 Å². The number of rotatable bonds is 5. The number of hydrogen-bond donors (Lipinski definition) is 2. The van der Waals surface area contributed by atoms with E-state index in [0.717, 1.165) is 11.4 Å². The molecule has 0 atom stereocenters. The number of nitrogens with one attached hydrogen (secondary N) is 2. The zero-order valence-electron chi connectivity index (χ0n) is 12.6. The van der Waals surface area contributed by atoms with Crippen LogP contribution in [0.3, 0.4) is 0 Å². The van der Waals surface area contributed by atoms with Gasteiger partial charge in [0.25, 0.3) is 0 Å². The lowest BCUT2D eigenvalue weighted by Gasteiger charge is -2.09. The van der Waals surface area contributed by atoms with Gasteiger partial charge in [-0.2, -0.15) is 10.1 Å². The average Bonchev–Trinajstić information content (AvgIpc) is 2.59. The van der Waals surface area contributed by atoms with Gasteiger partial charge < -0.3 is 15.4 Å². The van der Waals surface area contributed by atoms with Crippen molar-refractivity contribution in [2.75, 3.05) is 17.7 Å². The molecule has 0 aliphatic heterocycles.